The number of carbonyl (C=O) groups is 2. The van der Waals surface area contributed by atoms with E-state index in [2.05, 4.69) is 29.6 Å². The lowest BCUT2D eigenvalue weighted by molar-refractivity contribution is -0.693. The number of allylic oxidation sites excluding steroid dienone is 2. The maximum absolute atomic E-state index is 13.4. The molecule has 1 unspecified atom stereocenters. The van der Waals surface area contributed by atoms with Crippen LogP contribution in [-0.2, 0) is 11.3 Å². The van der Waals surface area contributed by atoms with Gasteiger partial charge in [0.05, 0.1) is 12.2 Å². The fraction of sp³-hybridized carbons (Fsp3) is 0.242. The number of benzene rings is 3. The number of ketones is 1. The summed E-state index contributed by atoms with van der Waals surface area (Å²) in [7, 11) is 0. The van der Waals surface area contributed by atoms with E-state index in [1.165, 1.54) is 0 Å². The molecule has 1 aromatic heterocycles. The minimum absolute atomic E-state index is 0. The predicted molar refractivity (Wildman–Crippen MR) is 150 cm³/mol. The van der Waals surface area contributed by atoms with Crippen molar-refractivity contribution in [3.05, 3.63) is 107 Å². The monoisotopic (exact) mass is 646 g/mol. The number of aromatic nitrogens is 1. The summed E-state index contributed by atoms with van der Waals surface area (Å²) < 4.78 is 13.8. The van der Waals surface area contributed by atoms with Crippen LogP contribution in [0.25, 0.3) is 10.8 Å². The summed E-state index contributed by atoms with van der Waals surface area (Å²) in [5.74, 6) is 0.312. The van der Waals surface area contributed by atoms with Crippen molar-refractivity contribution in [1.82, 2.24) is 0 Å². The number of esters is 1. The number of hydrogen-bond donors (Lipinski definition) is 1. The van der Waals surface area contributed by atoms with E-state index in [9.17, 15) is 9.59 Å². The Morgan fingerprint density at radius 3 is 2.55 bits per heavy atom. The zero-order chi connectivity index (χ0) is 26.9. The van der Waals surface area contributed by atoms with Crippen molar-refractivity contribution in [3.63, 3.8) is 0 Å². The first-order chi connectivity index (χ1) is 19.1. The molecule has 0 saturated heterocycles. The average Bonchev–Trinajstić information content (AvgIpc) is 2.97. The lowest BCUT2D eigenvalue weighted by Gasteiger charge is -2.35. The van der Waals surface area contributed by atoms with E-state index in [1.54, 1.807) is 18.2 Å². The van der Waals surface area contributed by atoms with Crippen molar-refractivity contribution >= 4 is 28.2 Å². The first-order valence-corrected chi connectivity index (χ1v) is 13.6. The van der Waals surface area contributed by atoms with E-state index in [0.29, 0.717) is 30.1 Å². The van der Waals surface area contributed by atoms with Gasteiger partial charge in [-0.1, -0.05) is 36.4 Å². The topological polar surface area (TPSA) is 68.5 Å². The summed E-state index contributed by atoms with van der Waals surface area (Å²) in [6, 6.07) is 21.7. The lowest BCUT2D eigenvalue weighted by atomic mass is 9.74. The van der Waals surface area contributed by atoms with Crippen LogP contribution in [0.5, 0.6) is 11.5 Å². The Balaban J connectivity index is 0.00000323. The highest BCUT2D eigenvalue weighted by molar-refractivity contribution is 6.04. The fourth-order valence-corrected chi connectivity index (χ4v) is 5.70. The van der Waals surface area contributed by atoms with Gasteiger partial charge in [-0.25, -0.2) is 9.36 Å². The molecule has 2 aliphatic rings. The molecule has 4 aromatic rings. The maximum Gasteiger partial charge on any atom is 0.344 e. The van der Waals surface area contributed by atoms with Crippen LogP contribution in [0.15, 0.2) is 90.4 Å². The van der Waals surface area contributed by atoms with Crippen molar-refractivity contribution in [2.45, 2.75) is 45.6 Å². The van der Waals surface area contributed by atoms with Gasteiger partial charge in [0.15, 0.2) is 29.7 Å². The van der Waals surface area contributed by atoms with Gasteiger partial charge in [0.2, 0.25) is 0 Å². The molecule has 0 spiro atoms. The number of rotatable bonds is 6. The molecule has 40 heavy (non-hydrogen) atoms. The van der Waals surface area contributed by atoms with E-state index < -0.39 is 5.97 Å². The molecule has 0 bridgehead atoms. The second-order valence-electron chi connectivity index (χ2n) is 9.92. The molecule has 1 aliphatic heterocycles. The maximum atomic E-state index is 13.4. The molecule has 0 amide bonds. The Bertz CT molecular complexity index is 1630. The van der Waals surface area contributed by atoms with Crippen LogP contribution in [0.1, 0.15) is 60.5 Å². The Labute approximate surface area is 251 Å². The van der Waals surface area contributed by atoms with Gasteiger partial charge in [0.25, 0.3) is 0 Å². The van der Waals surface area contributed by atoms with Crippen LogP contribution >= 0.6 is 0 Å². The third kappa shape index (κ3) is 5.10. The smallest absolute Gasteiger partial charge is 0.344 e. The molecule has 7 heteroatoms. The second-order valence-corrected chi connectivity index (χ2v) is 9.92. The molecule has 204 valence electrons. The summed E-state index contributed by atoms with van der Waals surface area (Å²) in [4.78, 5) is 26.3. The van der Waals surface area contributed by atoms with Crippen LogP contribution < -0.4 is 43.3 Å². The van der Waals surface area contributed by atoms with Crippen molar-refractivity contribution in [2.75, 3.05) is 11.9 Å². The van der Waals surface area contributed by atoms with Crippen LogP contribution in [0.3, 0.4) is 0 Å². The first kappa shape index (κ1) is 27.8. The molecule has 1 aliphatic carbocycles. The van der Waals surface area contributed by atoms with Crippen molar-refractivity contribution < 1.29 is 47.6 Å². The van der Waals surface area contributed by atoms with Gasteiger partial charge in [0, 0.05) is 41.4 Å². The molecule has 6 rings (SSSR count). The number of nitrogens with one attached hydrogen (secondary N) is 1. The lowest BCUT2D eigenvalue weighted by Crippen LogP contribution is -3.00. The number of Topliss-reactive ketones (excluding diaryl/α,β-unsaturated/α-hetero) is 1. The number of pyridine rings is 1. The molecule has 0 fully saturated rings. The minimum atomic E-state index is -0.447. The SMILES string of the molecule is CCOc1cc(C2C3=C(CCCC3=O)Nc3ccc4ccccc4c32)ccc1OC(=O)c1cc[n+](CC)cc1.[I-]. The third-order valence-corrected chi connectivity index (χ3v) is 7.59. The Kier molecular flexibility index (Phi) is 8.21. The van der Waals surface area contributed by atoms with Gasteiger partial charge < -0.3 is 38.8 Å². The van der Waals surface area contributed by atoms with E-state index in [4.69, 9.17) is 9.47 Å². The summed E-state index contributed by atoms with van der Waals surface area (Å²) >= 11 is 0. The number of halogens is 1. The Hall–Kier alpha value is -3.72. The number of aryl methyl sites for hydroxylation is 1. The van der Waals surface area contributed by atoms with Gasteiger partial charge in [-0.3, -0.25) is 4.79 Å². The number of carbonyl (C=O) groups excluding carboxylic acids is 2. The Morgan fingerprint density at radius 1 is 0.975 bits per heavy atom. The van der Waals surface area contributed by atoms with E-state index >= 15 is 0 Å². The molecule has 0 saturated carbocycles. The zero-order valence-electron chi connectivity index (χ0n) is 22.6. The quantitative estimate of drug-likeness (QED) is 0.151. The molecule has 6 nitrogen and oxygen atoms in total. The molecule has 3 aromatic carbocycles. The van der Waals surface area contributed by atoms with Gasteiger partial charge in [0.1, 0.15) is 6.54 Å². The van der Waals surface area contributed by atoms with Crippen LogP contribution in [0.4, 0.5) is 5.69 Å². The minimum Gasteiger partial charge on any atom is -1.00 e. The van der Waals surface area contributed by atoms with Gasteiger partial charge in [-0.2, -0.15) is 0 Å². The summed E-state index contributed by atoms with van der Waals surface area (Å²) in [5, 5.41) is 5.82. The zero-order valence-corrected chi connectivity index (χ0v) is 24.7. The summed E-state index contributed by atoms with van der Waals surface area (Å²) in [5.41, 5.74) is 5.33. The number of hydrogen-bond acceptors (Lipinski definition) is 5. The molecule has 1 N–H and O–H groups in total. The van der Waals surface area contributed by atoms with E-state index in [1.807, 2.05) is 55.1 Å². The normalized spacial score (nSPS) is 15.9. The van der Waals surface area contributed by atoms with E-state index in [0.717, 1.165) is 58.2 Å². The standard InChI is InChI=1S/C33H30N2O4.HI/c1-3-35-18-16-22(17-19-35)33(37)39-28-15-13-23(20-29(28)38-4-2)30-31-24-9-6-5-8-21(24)12-14-26(31)34-25-10-7-11-27(36)32(25)30;/h5-6,8-9,12-20,30H,3-4,7,10-11H2,1-2H3;1H. The van der Waals surface area contributed by atoms with Crippen LogP contribution in [0, 0.1) is 0 Å². The summed E-state index contributed by atoms with van der Waals surface area (Å²) in [6.07, 6.45) is 5.94. The van der Waals surface area contributed by atoms with Gasteiger partial charge in [-0.05, 0) is 66.8 Å². The van der Waals surface area contributed by atoms with Gasteiger partial charge >= 0.3 is 5.97 Å². The number of fused-ring (bicyclic) bond motifs is 3. The highest BCUT2D eigenvalue weighted by atomic mass is 127. The number of anilines is 1. The molecule has 2 heterocycles. The van der Waals surface area contributed by atoms with E-state index in [-0.39, 0.29) is 35.7 Å². The third-order valence-electron chi connectivity index (χ3n) is 7.59. The number of nitrogens with zero attached hydrogens (tertiary/aromatic N) is 1. The fourth-order valence-electron chi connectivity index (χ4n) is 5.70. The highest BCUT2D eigenvalue weighted by Gasteiger charge is 2.36. The highest BCUT2D eigenvalue weighted by Crippen LogP contribution is 2.49. The Morgan fingerprint density at radius 2 is 1.77 bits per heavy atom. The van der Waals surface area contributed by atoms with Crippen molar-refractivity contribution in [2.24, 2.45) is 0 Å². The largest absolute Gasteiger partial charge is 1.00 e. The first-order valence-electron chi connectivity index (χ1n) is 13.6. The van der Waals surface area contributed by atoms with Crippen molar-refractivity contribution in [3.8, 4) is 11.5 Å². The number of ether oxygens (including phenoxy) is 2. The van der Waals surface area contributed by atoms with Crippen LogP contribution in [-0.4, -0.2) is 18.4 Å². The second kappa shape index (κ2) is 11.8. The molecule has 1 atom stereocenters. The molecular weight excluding hydrogens is 615 g/mol. The van der Waals surface area contributed by atoms with Crippen LogP contribution in [0.2, 0.25) is 0 Å². The summed E-state index contributed by atoms with van der Waals surface area (Å²) in [6.45, 7) is 5.17. The van der Waals surface area contributed by atoms with Crippen molar-refractivity contribution in [1.29, 1.82) is 0 Å². The average molecular weight is 647 g/mol. The molecular formula is C33H31IN2O4. The van der Waals surface area contributed by atoms with Gasteiger partial charge in [-0.15, -0.1) is 0 Å². The predicted octanol–water partition coefficient (Wildman–Crippen LogP) is 3.33. The molecule has 0 radical (unpaired) electrons.